The van der Waals surface area contributed by atoms with Crippen molar-refractivity contribution in [3.8, 4) is 0 Å². The molecule has 25 heavy (non-hydrogen) atoms. The Morgan fingerprint density at radius 2 is 1.16 bits per heavy atom. The molecule has 0 aromatic rings. The standard InChI is InChI=1S/C16H32N4O5/c1-13-9-17-3-5-23-7-8-24-6-4-18-10-14(2)20-16(22)12-25-11-15(21)19-13/h13-14,17-18H,3-12H2,1-2H3,(H,19,21)(H,20,22)/t13-,14-/m0/s1. The van der Waals surface area contributed by atoms with Crippen molar-refractivity contribution in [2.24, 2.45) is 0 Å². The lowest BCUT2D eigenvalue weighted by Gasteiger charge is -2.16. The van der Waals surface area contributed by atoms with E-state index in [2.05, 4.69) is 21.3 Å². The molecule has 0 spiro atoms. The predicted octanol–water partition coefficient (Wildman–Crippen LogP) is -1.76. The second-order valence-corrected chi connectivity index (χ2v) is 6.06. The third-order valence-electron chi connectivity index (χ3n) is 3.40. The van der Waals surface area contributed by atoms with Crippen molar-refractivity contribution < 1.29 is 23.8 Å². The third-order valence-corrected chi connectivity index (χ3v) is 3.40. The summed E-state index contributed by atoms with van der Waals surface area (Å²) in [5, 5.41) is 12.0. The van der Waals surface area contributed by atoms with Crippen LogP contribution in [0.3, 0.4) is 0 Å². The second kappa shape index (κ2) is 14.0. The van der Waals surface area contributed by atoms with E-state index in [-0.39, 0.29) is 37.1 Å². The maximum atomic E-state index is 11.7. The van der Waals surface area contributed by atoms with Gasteiger partial charge in [-0.05, 0) is 13.8 Å². The van der Waals surface area contributed by atoms with E-state index < -0.39 is 0 Å². The molecule has 0 aromatic heterocycles. The van der Waals surface area contributed by atoms with Crippen LogP contribution in [0.4, 0.5) is 0 Å². The van der Waals surface area contributed by atoms with Crippen LogP contribution in [-0.2, 0) is 23.8 Å². The molecule has 1 rings (SSSR count). The zero-order valence-corrected chi connectivity index (χ0v) is 15.3. The second-order valence-electron chi connectivity index (χ2n) is 6.06. The van der Waals surface area contributed by atoms with E-state index in [0.29, 0.717) is 52.6 Å². The summed E-state index contributed by atoms with van der Waals surface area (Å²) in [5.74, 6) is -0.479. The van der Waals surface area contributed by atoms with Crippen LogP contribution in [0.25, 0.3) is 0 Å². The molecule has 1 aliphatic rings. The van der Waals surface area contributed by atoms with Gasteiger partial charge in [-0.1, -0.05) is 0 Å². The first-order chi connectivity index (χ1) is 12.1. The molecule has 0 aliphatic carbocycles. The molecule has 4 N–H and O–H groups in total. The molecule has 146 valence electrons. The Labute approximate surface area is 149 Å². The van der Waals surface area contributed by atoms with Crippen LogP contribution in [0.2, 0.25) is 0 Å². The summed E-state index contributed by atoms with van der Waals surface area (Å²) < 4.78 is 16.1. The number of hydrogen-bond donors (Lipinski definition) is 4. The van der Waals surface area contributed by atoms with Crippen LogP contribution in [0.1, 0.15) is 13.8 Å². The zero-order chi connectivity index (χ0) is 18.3. The van der Waals surface area contributed by atoms with Crippen LogP contribution in [-0.4, -0.2) is 89.7 Å². The molecule has 0 bridgehead atoms. The Balaban J connectivity index is 2.34. The van der Waals surface area contributed by atoms with E-state index in [1.54, 1.807) is 0 Å². The maximum absolute atomic E-state index is 11.7. The Morgan fingerprint density at radius 3 is 1.60 bits per heavy atom. The number of rotatable bonds is 0. The largest absolute Gasteiger partial charge is 0.378 e. The molecule has 9 nitrogen and oxygen atoms in total. The molecule has 1 saturated heterocycles. The summed E-state index contributed by atoms with van der Waals surface area (Å²) in [4.78, 5) is 23.5. The Bertz CT molecular complexity index is 350. The zero-order valence-electron chi connectivity index (χ0n) is 15.3. The fourth-order valence-corrected chi connectivity index (χ4v) is 2.22. The smallest absolute Gasteiger partial charge is 0.246 e. The predicted molar refractivity (Wildman–Crippen MR) is 93.4 cm³/mol. The SMILES string of the molecule is C[C@H]1CNCCOCCOCCNC[C@H](C)NC(=O)COCC(=O)N1. The molecule has 0 radical (unpaired) electrons. The van der Waals surface area contributed by atoms with Gasteiger partial charge in [0.25, 0.3) is 0 Å². The van der Waals surface area contributed by atoms with Gasteiger partial charge in [0.2, 0.25) is 11.8 Å². The minimum atomic E-state index is -0.240. The van der Waals surface area contributed by atoms with E-state index in [1.165, 1.54) is 0 Å². The van der Waals surface area contributed by atoms with E-state index in [1.807, 2.05) is 13.8 Å². The van der Waals surface area contributed by atoms with Crippen LogP contribution in [0.15, 0.2) is 0 Å². The normalized spacial score (nSPS) is 27.6. The van der Waals surface area contributed by atoms with Gasteiger partial charge in [-0.3, -0.25) is 9.59 Å². The van der Waals surface area contributed by atoms with Crippen molar-refractivity contribution in [1.82, 2.24) is 21.3 Å². The van der Waals surface area contributed by atoms with E-state index >= 15 is 0 Å². The first-order valence-corrected chi connectivity index (χ1v) is 8.81. The number of nitrogens with one attached hydrogen (secondary N) is 4. The summed E-state index contributed by atoms with van der Waals surface area (Å²) in [6, 6.07) is -0.0677. The van der Waals surface area contributed by atoms with Crippen LogP contribution in [0, 0.1) is 0 Å². The topological polar surface area (TPSA) is 110 Å². The number of carbonyl (C=O) groups excluding carboxylic acids is 2. The van der Waals surface area contributed by atoms with Crippen molar-refractivity contribution in [3.05, 3.63) is 0 Å². The van der Waals surface area contributed by atoms with Crippen LogP contribution >= 0.6 is 0 Å². The first kappa shape index (κ1) is 21.8. The first-order valence-electron chi connectivity index (χ1n) is 8.81. The third kappa shape index (κ3) is 12.7. The summed E-state index contributed by atoms with van der Waals surface area (Å²) >= 11 is 0. The Morgan fingerprint density at radius 1 is 0.720 bits per heavy atom. The fraction of sp³-hybridized carbons (Fsp3) is 0.875. The van der Waals surface area contributed by atoms with Gasteiger partial charge in [0, 0.05) is 38.3 Å². The van der Waals surface area contributed by atoms with Crippen molar-refractivity contribution in [2.45, 2.75) is 25.9 Å². The van der Waals surface area contributed by atoms with Crippen LogP contribution in [0.5, 0.6) is 0 Å². The lowest BCUT2D eigenvalue weighted by atomic mass is 10.3. The molecule has 2 amide bonds. The highest BCUT2D eigenvalue weighted by Crippen LogP contribution is 1.85. The average Bonchev–Trinajstić information content (AvgIpc) is 2.54. The van der Waals surface area contributed by atoms with Crippen LogP contribution < -0.4 is 21.3 Å². The minimum Gasteiger partial charge on any atom is -0.378 e. The number of ether oxygens (including phenoxy) is 3. The highest BCUT2D eigenvalue weighted by Gasteiger charge is 2.10. The highest BCUT2D eigenvalue weighted by atomic mass is 16.5. The van der Waals surface area contributed by atoms with Crippen molar-refractivity contribution in [3.63, 3.8) is 0 Å². The summed E-state index contributed by atoms with van der Waals surface area (Å²) in [6.45, 7) is 8.50. The summed E-state index contributed by atoms with van der Waals surface area (Å²) in [7, 11) is 0. The van der Waals surface area contributed by atoms with Gasteiger partial charge >= 0.3 is 0 Å². The molecule has 0 aromatic carbocycles. The Kier molecular flexibility index (Phi) is 12.2. The van der Waals surface area contributed by atoms with E-state index in [9.17, 15) is 9.59 Å². The number of carbonyl (C=O) groups is 2. The van der Waals surface area contributed by atoms with Gasteiger partial charge in [-0.25, -0.2) is 0 Å². The Hall–Kier alpha value is -1.26. The molecule has 1 aliphatic heterocycles. The maximum Gasteiger partial charge on any atom is 0.246 e. The van der Waals surface area contributed by atoms with Gasteiger partial charge in [-0.15, -0.1) is 0 Å². The highest BCUT2D eigenvalue weighted by molar-refractivity contribution is 5.79. The van der Waals surface area contributed by atoms with Gasteiger partial charge in [0.05, 0.1) is 26.4 Å². The molecule has 1 heterocycles. The van der Waals surface area contributed by atoms with Gasteiger partial charge in [-0.2, -0.15) is 0 Å². The summed E-state index contributed by atoms with van der Waals surface area (Å²) in [6.07, 6.45) is 0. The molecular formula is C16H32N4O5. The molecule has 2 atom stereocenters. The van der Waals surface area contributed by atoms with Gasteiger partial charge < -0.3 is 35.5 Å². The lowest BCUT2D eigenvalue weighted by Crippen LogP contribution is -2.44. The van der Waals surface area contributed by atoms with Crippen molar-refractivity contribution in [1.29, 1.82) is 0 Å². The molecular weight excluding hydrogens is 328 g/mol. The number of amides is 2. The summed E-state index contributed by atoms with van der Waals surface area (Å²) in [5.41, 5.74) is 0. The molecule has 9 heteroatoms. The van der Waals surface area contributed by atoms with Crippen molar-refractivity contribution in [2.75, 3.05) is 65.8 Å². The molecule has 0 saturated carbocycles. The van der Waals surface area contributed by atoms with E-state index in [0.717, 1.165) is 0 Å². The van der Waals surface area contributed by atoms with Gasteiger partial charge in [0.1, 0.15) is 13.2 Å². The molecule has 0 unspecified atom stereocenters. The molecule has 1 fully saturated rings. The van der Waals surface area contributed by atoms with Gasteiger partial charge in [0.15, 0.2) is 0 Å². The average molecular weight is 360 g/mol. The monoisotopic (exact) mass is 360 g/mol. The lowest BCUT2D eigenvalue weighted by molar-refractivity contribution is -0.131. The van der Waals surface area contributed by atoms with E-state index in [4.69, 9.17) is 14.2 Å². The van der Waals surface area contributed by atoms with Crippen molar-refractivity contribution >= 4 is 11.8 Å². The quantitative estimate of drug-likeness (QED) is 0.405. The fourth-order valence-electron chi connectivity index (χ4n) is 2.22. The minimum absolute atomic E-state index is 0.0338. The number of hydrogen-bond acceptors (Lipinski definition) is 7.